The SMILES string of the molecule is CCc1oc(C(=O)Nc2ccc(OCC3CCCCO3)cc2)cc1CN1CCCC1. The number of nitrogens with zero attached hydrogens (tertiary/aromatic N) is 1. The number of ether oxygens (including phenoxy) is 2. The first-order valence-electron chi connectivity index (χ1n) is 11.2. The van der Waals surface area contributed by atoms with Crippen molar-refractivity contribution in [3.63, 3.8) is 0 Å². The molecule has 0 saturated carbocycles. The van der Waals surface area contributed by atoms with Crippen LogP contribution in [0.25, 0.3) is 0 Å². The lowest BCUT2D eigenvalue weighted by molar-refractivity contribution is -0.0110. The predicted octanol–water partition coefficient (Wildman–Crippen LogP) is 4.64. The molecule has 6 heteroatoms. The van der Waals surface area contributed by atoms with Crippen molar-refractivity contribution < 1.29 is 18.7 Å². The van der Waals surface area contributed by atoms with Gasteiger partial charge in [-0.05, 0) is 75.5 Å². The summed E-state index contributed by atoms with van der Waals surface area (Å²) in [7, 11) is 0. The molecule has 1 aromatic heterocycles. The molecule has 0 radical (unpaired) electrons. The highest BCUT2D eigenvalue weighted by atomic mass is 16.5. The molecular weight excluding hydrogens is 380 g/mol. The number of aryl methyl sites for hydroxylation is 1. The van der Waals surface area contributed by atoms with E-state index in [1.807, 2.05) is 30.3 Å². The molecule has 2 aromatic rings. The number of hydrogen-bond acceptors (Lipinski definition) is 5. The third kappa shape index (κ3) is 5.43. The minimum absolute atomic E-state index is 0.180. The maximum atomic E-state index is 12.7. The second-order valence-corrected chi connectivity index (χ2v) is 8.17. The maximum Gasteiger partial charge on any atom is 0.291 e. The van der Waals surface area contributed by atoms with Gasteiger partial charge >= 0.3 is 0 Å². The van der Waals surface area contributed by atoms with E-state index >= 15 is 0 Å². The van der Waals surface area contributed by atoms with Crippen LogP contribution in [0.1, 0.15) is 60.9 Å². The van der Waals surface area contributed by atoms with Crippen molar-refractivity contribution in [1.82, 2.24) is 4.90 Å². The largest absolute Gasteiger partial charge is 0.491 e. The van der Waals surface area contributed by atoms with Gasteiger partial charge in [-0.2, -0.15) is 0 Å². The van der Waals surface area contributed by atoms with Gasteiger partial charge < -0.3 is 19.2 Å². The third-order valence-corrected chi connectivity index (χ3v) is 5.86. The van der Waals surface area contributed by atoms with Crippen molar-refractivity contribution in [3.8, 4) is 5.75 Å². The van der Waals surface area contributed by atoms with Crippen LogP contribution in [0.2, 0.25) is 0 Å². The lowest BCUT2D eigenvalue weighted by atomic mass is 10.1. The second-order valence-electron chi connectivity index (χ2n) is 8.17. The lowest BCUT2D eigenvalue weighted by Crippen LogP contribution is -2.25. The number of benzene rings is 1. The smallest absolute Gasteiger partial charge is 0.291 e. The highest BCUT2D eigenvalue weighted by Gasteiger charge is 2.20. The minimum Gasteiger partial charge on any atom is -0.491 e. The van der Waals surface area contributed by atoms with Crippen molar-refractivity contribution in [2.75, 3.05) is 31.6 Å². The van der Waals surface area contributed by atoms with Crippen LogP contribution in [0.4, 0.5) is 5.69 Å². The number of likely N-dealkylation sites (tertiary alicyclic amines) is 1. The first kappa shape index (κ1) is 20.9. The average molecular weight is 413 g/mol. The fourth-order valence-corrected chi connectivity index (χ4v) is 4.15. The van der Waals surface area contributed by atoms with E-state index in [2.05, 4.69) is 17.1 Å². The Kier molecular flexibility index (Phi) is 7.07. The highest BCUT2D eigenvalue weighted by Crippen LogP contribution is 2.23. The molecule has 162 valence electrons. The van der Waals surface area contributed by atoms with Crippen LogP contribution in [0.3, 0.4) is 0 Å². The fourth-order valence-electron chi connectivity index (χ4n) is 4.15. The molecule has 2 fully saturated rings. The summed E-state index contributed by atoms with van der Waals surface area (Å²) in [6, 6.07) is 9.34. The summed E-state index contributed by atoms with van der Waals surface area (Å²) in [5.41, 5.74) is 1.84. The Morgan fingerprint density at radius 3 is 2.67 bits per heavy atom. The van der Waals surface area contributed by atoms with Gasteiger partial charge in [0, 0.05) is 30.8 Å². The molecule has 3 heterocycles. The maximum absolute atomic E-state index is 12.7. The predicted molar refractivity (Wildman–Crippen MR) is 116 cm³/mol. The number of anilines is 1. The van der Waals surface area contributed by atoms with Gasteiger partial charge in [0.1, 0.15) is 18.1 Å². The molecule has 0 bridgehead atoms. The van der Waals surface area contributed by atoms with Crippen molar-refractivity contribution in [1.29, 1.82) is 0 Å². The van der Waals surface area contributed by atoms with E-state index in [0.29, 0.717) is 12.4 Å². The van der Waals surface area contributed by atoms with E-state index in [1.165, 1.54) is 19.3 Å². The van der Waals surface area contributed by atoms with Gasteiger partial charge in [0.05, 0.1) is 6.10 Å². The summed E-state index contributed by atoms with van der Waals surface area (Å²) in [6.07, 6.45) is 6.86. The first-order valence-corrected chi connectivity index (χ1v) is 11.2. The third-order valence-electron chi connectivity index (χ3n) is 5.86. The molecule has 2 aliphatic heterocycles. The zero-order valence-corrected chi connectivity index (χ0v) is 17.8. The summed E-state index contributed by atoms with van der Waals surface area (Å²) in [6.45, 7) is 6.55. The van der Waals surface area contributed by atoms with Crippen LogP contribution >= 0.6 is 0 Å². The van der Waals surface area contributed by atoms with Gasteiger partial charge in [-0.3, -0.25) is 9.69 Å². The molecule has 0 aliphatic carbocycles. The highest BCUT2D eigenvalue weighted by molar-refractivity contribution is 6.02. The Morgan fingerprint density at radius 2 is 1.97 bits per heavy atom. The van der Waals surface area contributed by atoms with Crippen LogP contribution in [-0.4, -0.2) is 43.2 Å². The van der Waals surface area contributed by atoms with Crippen LogP contribution in [0, 0.1) is 0 Å². The molecule has 1 aromatic carbocycles. The molecule has 6 nitrogen and oxygen atoms in total. The molecule has 4 rings (SSSR count). The molecule has 2 saturated heterocycles. The van der Waals surface area contributed by atoms with Crippen molar-refractivity contribution in [2.24, 2.45) is 0 Å². The molecule has 1 amide bonds. The summed E-state index contributed by atoms with van der Waals surface area (Å²) >= 11 is 0. The minimum atomic E-state index is -0.221. The molecule has 1 atom stereocenters. The topological polar surface area (TPSA) is 63.9 Å². The molecule has 1 unspecified atom stereocenters. The van der Waals surface area contributed by atoms with E-state index in [1.54, 1.807) is 0 Å². The van der Waals surface area contributed by atoms with Gasteiger partial charge in [-0.1, -0.05) is 6.92 Å². The van der Waals surface area contributed by atoms with Crippen LogP contribution < -0.4 is 10.1 Å². The number of hydrogen-bond donors (Lipinski definition) is 1. The Hall–Kier alpha value is -2.31. The summed E-state index contributed by atoms with van der Waals surface area (Å²) < 4.78 is 17.4. The van der Waals surface area contributed by atoms with Crippen LogP contribution in [0.15, 0.2) is 34.7 Å². The Balaban J connectivity index is 1.32. The normalized spacial score (nSPS) is 19.7. The monoisotopic (exact) mass is 412 g/mol. The second kappa shape index (κ2) is 10.1. The van der Waals surface area contributed by atoms with Crippen molar-refractivity contribution in [3.05, 3.63) is 47.4 Å². The van der Waals surface area contributed by atoms with Crippen molar-refractivity contribution in [2.45, 2.75) is 58.1 Å². The average Bonchev–Trinajstić information content (AvgIpc) is 3.44. The Labute approximate surface area is 178 Å². The quantitative estimate of drug-likeness (QED) is 0.684. The molecular formula is C24H32N2O4. The number of nitrogens with one attached hydrogen (secondary N) is 1. The summed E-state index contributed by atoms with van der Waals surface area (Å²) in [5.74, 6) is 1.83. The zero-order chi connectivity index (χ0) is 20.8. The number of rotatable bonds is 8. The summed E-state index contributed by atoms with van der Waals surface area (Å²) in [5, 5.41) is 2.92. The van der Waals surface area contributed by atoms with Crippen molar-refractivity contribution >= 4 is 11.6 Å². The van der Waals surface area contributed by atoms with E-state index < -0.39 is 0 Å². The standard InChI is InChI=1S/C24H32N2O4/c1-2-22-18(16-26-12-4-5-13-26)15-23(30-22)24(27)25-19-8-10-20(11-9-19)29-17-21-7-3-6-14-28-21/h8-11,15,21H,2-7,12-14,16-17H2,1H3,(H,25,27). The van der Waals surface area contributed by atoms with Gasteiger partial charge in [0.25, 0.3) is 5.91 Å². The van der Waals surface area contributed by atoms with Gasteiger partial charge in [0.15, 0.2) is 5.76 Å². The number of amides is 1. The Morgan fingerprint density at radius 1 is 1.17 bits per heavy atom. The van der Waals surface area contributed by atoms with Gasteiger partial charge in [-0.15, -0.1) is 0 Å². The lowest BCUT2D eigenvalue weighted by Gasteiger charge is -2.22. The fraction of sp³-hybridized carbons (Fsp3) is 0.542. The van der Waals surface area contributed by atoms with Gasteiger partial charge in [-0.25, -0.2) is 0 Å². The van der Waals surface area contributed by atoms with E-state index in [4.69, 9.17) is 13.9 Å². The Bertz CT molecular complexity index is 818. The van der Waals surface area contributed by atoms with E-state index in [0.717, 1.165) is 68.3 Å². The van der Waals surface area contributed by atoms with E-state index in [-0.39, 0.29) is 12.0 Å². The van der Waals surface area contributed by atoms with Crippen LogP contribution in [0.5, 0.6) is 5.75 Å². The summed E-state index contributed by atoms with van der Waals surface area (Å²) in [4.78, 5) is 15.1. The van der Waals surface area contributed by atoms with E-state index in [9.17, 15) is 4.79 Å². The number of furan rings is 1. The number of carbonyl (C=O) groups excluding carboxylic acids is 1. The first-order chi connectivity index (χ1) is 14.7. The molecule has 0 spiro atoms. The van der Waals surface area contributed by atoms with Crippen LogP contribution in [-0.2, 0) is 17.7 Å². The molecule has 30 heavy (non-hydrogen) atoms. The zero-order valence-electron chi connectivity index (χ0n) is 17.8. The molecule has 2 aliphatic rings. The molecule has 1 N–H and O–H groups in total. The van der Waals surface area contributed by atoms with Gasteiger partial charge in [0.2, 0.25) is 0 Å². The number of carbonyl (C=O) groups is 1.